The van der Waals surface area contributed by atoms with Crippen LogP contribution in [0.1, 0.15) is 0 Å². The third-order valence-corrected chi connectivity index (χ3v) is 0. The molecule has 0 bridgehead atoms. The topological polar surface area (TPSA) is 0 Å². The van der Waals surface area contributed by atoms with Crippen LogP contribution < -0.4 is 34.0 Å². The number of halogens is 2. The molecular weight excluding hydrogens is 195 g/mol. The fourth-order valence-corrected chi connectivity index (χ4v) is 0. The molecule has 0 aliphatic heterocycles. The van der Waals surface area contributed by atoms with Gasteiger partial charge in [-0.1, -0.05) is 0 Å². The van der Waals surface area contributed by atoms with Gasteiger partial charge in [-0.15, -0.1) is 0 Å². The Labute approximate surface area is 65.0 Å². The van der Waals surface area contributed by atoms with Crippen molar-refractivity contribution in [1.82, 2.24) is 0 Å². The second kappa shape index (κ2) is 21.5. The minimum absolute atomic E-state index is 0. The van der Waals surface area contributed by atoms with Crippen LogP contribution in [0.5, 0.6) is 0 Å². The first-order chi connectivity index (χ1) is 0. The average Bonchev–Trinajstić information content (AvgIpc) is 0. The Morgan fingerprint density at radius 2 is 0.750 bits per heavy atom. The zero-order chi connectivity index (χ0) is 0. The first kappa shape index (κ1) is 41.4. The van der Waals surface area contributed by atoms with E-state index >= 15 is 0 Å². The van der Waals surface area contributed by atoms with E-state index in [1.54, 1.807) is 0 Å². The molecule has 0 aliphatic rings. The molecule has 3 radical (unpaired) electrons. The van der Waals surface area contributed by atoms with Crippen LogP contribution in [0.25, 0.3) is 0 Å². The van der Waals surface area contributed by atoms with Crippen LogP contribution in [0.2, 0.25) is 0 Å². The second-order valence-electron chi connectivity index (χ2n) is 0. The van der Waals surface area contributed by atoms with Crippen LogP contribution in [0.4, 0.5) is 0 Å². The molecule has 0 fully saturated rings. The van der Waals surface area contributed by atoms with Gasteiger partial charge in [0.1, 0.15) is 0 Å². The van der Waals surface area contributed by atoms with Gasteiger partial charge >= 0.3 is 23.1 Å². The summed E-state index contributed by atoms with van der Waals surface area (Å²) in [5.41, 5.74) is 0. The average molecular weight is 195 g/mol. The van der Waals surface area contributed by atoms with E-state index in [0.29, 0.717) is 0 Å². The molecule has 0 spiro atoms. The van der Waals surface area contributed by atoms with E-state index in [0.717, 1.165) is 0 Å². The Balaban J connectivity index is 0. The Morgan fingerprint density at radius 3 is 0.750 bits per heavy atom. The summed E-state index contributed by atoms with van der Waals surface area (Å²) in [6, 6.07) is 0. The second-order valence-corrected chi connectivity index (χ2v) is 0. The standard InChI is InChI=1S/B.2BrH.Mg/h;2*1H;/q;;;+2/p-2. The SMILES string of the molecule is [B].[Br-].[Br-].[Mg+2]. The van der Waals surface area contributed by atoms with Crippen LogP contribution in [-0.4, -0.2) is 31.5 Å². The summed E-state index contributed by atoms with van der Waals surface area (Å²) < 4.78 is 0. The fraction of sp³-hybridized carbons (Fsp3) is 0. The Morgan fingerprint density at radius 1 is 0.750 bits per heavy atom. The molecule has 0 saturated carbocycles. The molecule has 0 unspecified atom stereocenters. The van der Waals surface area contributed by atoms with Crippen LogP contribution in [-0.2, 0) is 0 Å². The van der Waals surface area contributed by atoms with Gasteiger partial charge in [-0.05, 0) is 0 Å². The molecule has 0 heterocycles. The minimum atomic E-state index is 0. The molecule has 0 N–H and O–H groups in total. The van der Waals surface area contributed by atoms with E-state index in [4.69, 9.17) is 0 Å². The molecule has 0 aliphatic carbocycles. The fourth-order valence-electron chi connectivity index (χ4n) is 0. The van der Waals surface area contributed by atoms with Crippen molar-refractivity contribution in [2.75, 3.05) is 0 Å². The maximum absolute atomic E-state index is 0. The van der Waals surface area contributed by atoms with Crippen molar-refractivity contribution in [3.63, 3.8) is 0 Å². The van der Waals surface area contributed by atoms with E-state index in [2.05, 4.69) is 0 Å². The van der Waals surface area contributed by atoms with Crippen molar-refractivity contribution < 1.29 is 34.0 Å². The quantitative estimate of drug-likeness (QED) is 0.337. The van der Waals surface area contributed by atoms with Gasteiger partial charge in [0.05, 0.1) is 0 Å². The smallest absolute Gasteiger partial charge is 1.00 e. The maximum atomic E-state index is 0. The molecule has 0 rings (SSSR count). The van der Waals surface area contributed by atoms with Crippen molar-refractivity contribution >= 4 is 31.5 Å². The summed E-state index contributed by atoms with van der Waals surface area (Å²) >= 11 is 0. The molecule has 0 atom stereocenters. The molecule has 0 amide bonds. The summed E-state index contributed by atoms with van der Waals surface area (Å²) in [5.74, 6) is 0. The molecule has 19 valence electrons. The molecule has 4 heteroatoms. The molecule has 0 aromatic rings. The molecular formula is BBr2Mg. The Hall–Kier alpha value is 1.79. The summed E-state index contributed by atoms with van der Waals surface area (Å²) in [7, 11) is 0. The predicted octanol–water partition coefficient (Wildman–Crippen LogP) is -6.75. The van der Waals surface area contributed by atoms with Crippen molar-refractivity contribution in [2.45, 2.75) is 0 Å². The van der Waals surface area contributed by atoms with Gasteiger partial charge in [0.25, 0.3) is 0 Å². The number of hydrogen-bond donors (Lipinski definition) is 0. The van der Waals surface area contributed by atoms with E-state index in [1.165, 1.54) is 0 Å². The maximum Gasteiger partial charge on any atom is 2.00 e. The van der Waals surface area contributed by atoms with Gasteiger partial charge in [0, 0.05) is 8.41 Å². The zero-order valence-corrected chi connectivity index (χ0v) is 6.63. The summed E-state index contributed by atoms with van der Waals surface area (Å²) in [4.78, 5) is 0. The zero-order valence-electron chi connectivity index (χ0n) is 2.04. The van der Waals surface area contributed by atoms with Crippen LogP contribution in [0.3, 0.4) is 0 Å². The third kappa shape index (κ3) is 9.21. The first-order valence-corrected chi connectivity index (χ1v) is 0. The number of hydrogen-bond acceptors (Lipinski definition) is 0. The molecule has 0 nitrogen and oxygen atoms in total. The predicted molar refractivity (Wildman–Crippen MR) is 11.5 cm³/mol. The number of rotatable bonds is 0. The van der Waals surface area contributed by atoms with Crippen molar-refractivity contribution in [2.24, 2.45) is 0 Å². The van der Waals surface area contributed by atoms with Gasteiger partial charge < -0.3 is 34.0 Å². The summed E-state index contributed by atoms with van der Waals surface area (Å²) in [6.07, 6.45) is 0. The van der Waals surface area contributed by atoms with Crippen LogP contribution >= 0.6 is 0 Å². The molecule has 0 aromatic heterocycles. The first-order valence-electron chi connectivity index (χ1n) is 0. The van der Waals surface area contributed by atoms with Crippen molar-refractivity contribution in [3.05, 3.63) is 0 Å². The van der Waals surface area contributed by atoms with Crippen LogP contribution in [0.15, 0.2) is 0 Å². The summed E-state index contributed by atoms with van der Waals surface area (Å²) in [6.45, 7) is 0. The monoisotopic (exact) mass is 193 g/mol. The third-order valence-electron chi connectivity index (χ3n) is 0. The van der Waals surface area contributed by atoms with E-state index < -0.39 is 0 Å². The van der Waals surface area contributed by atoms with E-state index in [1.807, 2.05) is 0 Å². The molecule has 4 heavy (non-hydrogen) atoms. The largest absolute Gasteiger partial charge is 2.00 e. The molecule has 0 aromatic carbocycles. The van der Waals surface area contributed by atoms with Crippen molar-refractivity contribution in [1.29, 1.82) is 0 Å². The van der Waals surface area contributed by atoms with Gasteiger partial charge in [-0.2, -0.15) is 0 Å². The van der Waals surface area contributed by atoms with Gasteiger partial charge in [0.15, 0.2) is 0 Å². The normalized spacial score (nSPS) is 0. The van der Waals surface area contributed by atoms with E-state index in [-0.39, 0.29) is 65.4 Å². The Kier molecular flexibility index (Phi) is 222. The van der Waals surface area contributed by atoms with E-state index in [9.17, 15) is 0 Å². The Bertz CT molecular complexity index is 6.00. The van der Waals surface area contributed by atoms with Gasteiger partial charge in [-0.25, -0.2) is 0 Å². The van der Waals surface area contributed by atoms with Gasteiger partial charge in [-0.3, -0.25) is 0 Å². The van der Waals surface area contributed by atoms with Gasteiger partial charge in [0.2, 0.25) is 0 Å². The van der Waals surface area contributed by atoms with Crippen LogP contribution in [0, 0.1) is 0 Å². The van der Waals surface area contributed by atoms with Crippen molar-refractivity contribution in [3.8, 4) is 0 Å². The molecule has 0 saturated heterocycles. The summed E-state index contributed by atoms with van der Waals surface area (Å²) in [5, 5.41) is 0. The minimum Gasteiger partial charge on any atom is -1.00 e.